The van der Waals surface area contributed by atoms with Crippen molar-refractivity contribution in [3.63, 3.8) is 0 Å². The van der Waals surface area contributed by atoms with Gasteiger partial charge < -0.3 is 37.5 Å². The minimum Gasteiger partial charge on any atom is -0.412 e. The summed E-state index contributed by atoms with van der Waals surface area (Å²) in [5.41, 5.74) is 0. The molecule has 0 saturated carbocycles. The summed E-state index contributed by atoms with van der Waals surface area (Å²) in [7, 11) is 3.78. The topological polar surface area (TPSA) is 118 Å². The van der Waals surface area contributed by atoms with Crippen LogP contribution in [-0.2, 0) is 22.1 Å². The summed E-state index contributed by atoms with van der Waals surface area (Å²) in [6, 6.07) is 0. The molecule has 0 aromatic heterocycles. The molecule has 116 valence electrons. The second-order valence-corrected chi connectivity index (χ2v) is 8.34. The van der Waals surface area contributed by atoms with E-state index >= 15 is 0 Å². The van der Waals surface area contributed by atoms with Crippen LogP contribution < -0.4 is 0 Å². The van der Waals surface area contributed by atoms with Gasteiger partial charge in [0.15, 0.2) is 0 Å². The molecule has 0 saturated heterocycles. The fourth-order valence-corrected chi connectivity index (χ4v) is 1.00. The second-order valence-electron chi connectivity index (χ2n) is 2.78. The maximum absolute atomic E-state index is 8.83. The minimum absolute atomic E-state index is 0. The summed E-state index contributed by atoms with van der Waals surface area (Å²) < 4.78 is 23.9. The van der Waals surface area contributed by atoms with Crippen LogP contribution in [0.2, 0.25) is 13.1 Å². The molecule has 0 aromatic rings. The van der Waals surface area contributed by atoms with E-state index in [-0.39, 0.29) is 5.48 Å². The lowest BCUT2D eigenvalue weighted by Gasteiger charge is -2.18. The standard InChI is InChI=1S/C4H12O3Si.C3H10O3Si.CH4O.H2O/c1-5-8(4,6-2)7-3;1-5-7(3,4)6-2;1-2;/h1-4H3;4H,1-3H3;2H,1H3;1H2. The van der Waals surface area contributed by atoms with Gasteiger partial charge in [-0.15, -0.1) is 0 Å². The highest BCUT2D eigenvalue weighted by atomic mass is 28.4. The van der Waals surface area contributed by atoms with Gasteiger partial charge in [0.05, 0.1) is 0 Å². The number of aliphatic hydroxyl groups is 1. The number of hydrogen-bond donors (Lipinski definition) is 2. The van der Waals surface area contributed by atoms with E-state index in [1.165, 1.54) is 14.2 Å². The summed E-state index contributed by atoms with van der Waals surface area (Å²) in [4.78, 5) is 8.83. The molecule has 0 unspecified atom stereocenters. The van der Waals surface area contributed by atoms with Gasteiger partial charge in [-0.2, -0.15) is 0 Å². The first kappa shape index (κ1) is 26.6. The first-order valence-electron chi connectivity index (χ1n) is 4.73. The van der Waals surface area contributed by atoms with E-state index in [0.29, 0.717) is 0 Å². The third kappa shape index (κ3) is 16.1. The predicted molar refractivity (Wildman–Crippen MR) is 72.3 cm³/mol. The molecule has 10 heteroatoms. The summed E-state index contributed by atoms with van der Waals surface area (Å²) in [5.74, 6) is 0. The molecule has 0 bridgehead atoms. The maximum Gasteiger partial charge on any atom is 0.496 e. The maximum atomic E-state index is 8.83. The van der Waals surface area contributed by atoms with Crippen molar-refractivity contribution in [1.29, 1.82) is 0 Å². The Labute approximate surface area is 111 Å². The Morgan fingerprint density at radius 1 is 0.667 bits per heavy atom. The van der Waals surface area contributed by atoms with Gasteiger partial charge in [0.1, 0.15) is 0 Å². The van der Waals surface area contributed by atoms with E-state index in [1.54, 1.807) is 27.9 Å². The van der Waals surface area contributed by atoms with E-state index in [1.807, 2.05) is 6.55 Å². The molecule has 0 spiro atoms. The molecular weight excluding hydrogens is 280 g/mol. The summed E-state index contributed by atoms with van der Waals surface area (Å²) in [5, 5.41) is 7.00. The average Bonchev–Trinajstić information content (AvgIpc) is 2.40. The van der Waals surface area contributed by atoms with Gasteiger partial charge in [-0.25, -0.2) is 0 Å². The monoisotopic (exact) mass is 308 g/mol. The van der Waals surface area contributed by atoms with Gasteiger partial charge in [-0.1, -0.05) is 0 Å². The van der Waals surface area contributed by atoms with E-state index in [2.05, 4.69) is 8.85 Å². The smallest absolute Gasteiger partial charge is 0.412 e. The van der Waals surface area contributed by atoms with Crippen molar-refractivity contribution in [2.75, 3.05) is 42.7 Å². The Balaban J connectivity index is -0.0000000916. The van der Waals surface area contributed by atoms with Crippen molar-refractivity contribution >= 4 is 17.6 Å². The molecule has 0 heterocycles. The van der Waals surface area contributed by atoms with Crippen molar-refractivity contribution in [3.05, 3.63) is 0 Å². The molecule has 0 aliphatic rings. The minimum atomic E-state index is -2.65. The van der Waals surface area contributed by atoms with Crippen LogP contribution in [0.3, 0.4) is 0 Å². The molecular formula is C8H28O8Si2. The lowest BCUT2D eigenvalue weighted by molar-refractivity contribution is 0.132. The normalized spacial score (nSPS) is 10.3. The van der Waals surface area contributed by atoms with Gasteiger partial charge in [0, 0.05) is 55.8 Å². The molecule has 18 heavy (non-hydrogen) atoms. The number of rotatable bonds is 5. The van der Waals surface area contributed by atoms with Crippen molar-refractivity contribution in [2.45, 2.75) is 13.1 Å². The van der Waals surface area contributed by atoms with Crippen molar-refractivity contribution in [1.82, 2.24) is 0 Å². The first-order chi connectivity index (χ1) is 7.80. The van der Waals surface area contributed by atoms with Crippen LogP contribution in [0.15, 0.2) is 0 Å². The first-order valence-corrected chi connectivity index (χ1v) is 9.22. The largest absolute Gasteiger partial charge is 0.496 e. The number of hydrogen-bond acceptors (Lipinski definition) is 7. The Hall–Kier alpha value is 0.114. The average molecular weight is 308 g/mol. The summed E-state index contributed by atoms with van der Waals surface area (Å²) in [6.45, 7) is 3.38. The van der Waals surface area contributed by atoms with E-state index in [0.717, 1.165) is 7.11 Å². The zero-order chi connectivity index (χ0) is 14.5. The third-order valence-corrected chi connectivity index (χ3v) is 5.61. The van der Waals surface area contributed by atoms with Crippen LogP contribution in [0.5, 0.6) is 0 Å². The molecule has 0 atom stereocenters. The van der Waals surface area contributed by atoms with Gasteiger partial charge >= 0.3 is 17.6 Å². The van der Waals surface area contributed by atoms with Crippen molar-refractivity contribution in [2.24, 2.45) is 0 Å². The molecule has 0 fully saturated rings. The predicted octanol–water partition coefficient (Wildman–Crippen LogP) is -0.882. The van der Waals surface area contributed by atoms with E-state index in [9.17, 15) is 0 Å². The lowest BCUT2D eigenvalue weighted by Crippen LogP contribution is -2.38. The molecule has 0 aromatic carbocycles. The fraction of sp³-hybridized carbons (Fsp3) is 1.00. The van der Waals surface area contributed by atoms with Crippen LogP contribution in [-0.4, -0.2) is 75.6 Å². The van der Waals surface area contributed by atoms with Crippen LogP contribution in [0.4, 0.5) is 0 Å². The van der Waals surface area contributed by atoms with Crippen molar-refractivity contribution in [3.8, 4) is 0 Å². The fourth-order valence-electron chi connectivity index (χ4n) is 0.333. The highest BCUT2D eigenvalue weighted by molar-refractivity contribution is 6.59. The highest BCUT2D eigenvalue weighted by Gasteiger charge is 2.29. The Bertz CT molecular complexity index is 140. The zero-order valence-electron chi connectivity index (χ0n) is 12.4. The summed E-state index contributed by atoms with van der Waals surface area (Å²) in [6.07, 6.45) is 0. The molecule has 0 radical (unpaired) electrons. The van der Waals surface area contributed by atoms with Crippen LogP contribution >= 0.6 is 0 Å². The summed E-state index contributed by atoms with van der Waals surface area (Å²) >= 11 is 0. The zero-order valence-corrected chi connectivity index (χ0v) is 14.4. The third-order valence-electron chi connectivity index (χ3n) is 1.87. The van der Waals surface area contributed by atoms with E-state index < -0.39 is 17.6 Å². The van der Waals surface area contributed by atoms with Gasteiger partial charge in [0.25, 0.3) is 0 Å². The van der Waals surface area contributed by atoms with Crippen molar-refractivity contribution < 1.29 is 37.5 Å². The molecule has 0 amide bonds. The van der Waals surface area contributed by atoms with Gasteiger partial charge in [0.2, 0.25) is 0 Å². The Kier molecular flexibility index (Phi) is 22.4. The van der Waals surface area contributed by atoms with Gasteiger partial charge in [-0.05, 0) is 0 Å². The number of aliphatic hydroxyl groups excluding tert-OH is 1. The van der Waals surface area contributed by atoms with Crippen LogP contribution in [0, 0.1) is 0 Å². The molecule has 8 nitrogen and oxygen atoms in total. The Morgan fingerprint density at radius 3 is 0.889 bits per heavy atom. The van der Waals surface area contributed by atoms with Crippen LogP contribution in [0.25, 0.3) is 0 Å². The lowest BCUT2D eigenvalue weighted by atomic mass is 11.8. The molecule has 4 N–H and O–H groups in total. The molecule has 0 rings (SSSR count). The quantitative estimate of drug-likeness (QED) is 0.633. The van der Waals surface area contributed by atoms with Crippen LogP contribution in [0.1, 0.15) is 0 Å². The van der Waals surface area contributed by atoms with Gasteiger partial charge in [-0.3, -0.25) is 0 Å². The van der Waals surface area contributed by atoms with E-state index in [4.69, 9.17) is 23.2 Å². The second kappa shape index (κ2) is 15.2. The SMILES string of the molecule is CO.CO[Si](C)(O)OC.CO[Si](C)(OC)OC.O. The molecule has 0 aliphatic heterocycles. The Morgan fingerprint density at radius 2 is 0.889 bits per heavy atom. The molecule has 0 aliphatic carbocycles. The highest BCUT2D eigenvalue weighted by Crippen LogP contribution is 2.02.